The quantitative estimate of drug-likeness (QED) is 0.792. The Labute approximate surface area is 120 Å². The molecule has 2 N–H and O–H groups in total. The summed E-state index contributed by atoms with van der Waals surface area (Å²) in [5.74, 6) is -1.11. The molecule has 0 fully saturated rings. The van der Waals surface area contributed by atoms with Crippen molar-refractivity contribution in [3.63, 3.8) is 0 Å². The number of hydrogen-bond donors (Lipinski definition) is 2. The second kappa shape index (κ2) is 6.67. The molecule has 0 spiro atoms. The third kappa shape index (κ3) is 4.73. The fourth-order valence-corrected chi connectivity index (χ4v) is 4.16. The zero-order chi connectivity index (χ0) is 14.6. The SMILES string of the molecule is CO[C@H](C)[C@@H](CC(=O)O)NS(=O)(=O)c1ccc(Cl)s1. The first-order valence-electron chi connectivity index (χ1n) is 5.28. The minimum absolute atomic E-state index is 0.0381. The number of aliphatic carboxylic acids is 1. The van der Waals surface area contributed by atoms with Gasteiger partial charge < -0.3 is 9.84 Å². The first-order chi connectivity index (χ1) is 8.76. The van der Waals surface area contributed by atoms with E-state index in [2.05, 4.69) is 4.72 Å². The Balaban J connectivity index is 2.91. The molecule has 1 rings (SSSR count). The molecule has 2 atom stereocenters. The van der Waals surface area contributed by atoms with Crippen LogP contribution in [0.2, 0.25) is 4.34 Å². The summed E-state index contributed by atoms with van der Waals surface area (Å²) in [6.07, 6.45) is -0.936. The van der Waals surface area contributed by atoms with E-state index in [9.17, 15) is 13.2 Å². The number of hydrogen-bond acceptors (Lipinski definition) is 5. The zero-order valence-corrected chi connectivity index (χ0v) is 12.7. The van der Waals surface area contributed by atoms with Crippen LogP contribution < -0.4 is 4.72 Å². The fraction of sp³-hybridized carbons (Fsp3) is 0.500. The van der Waals surface area contributed by atoms with E-state index in [0.29, 0.717) is 4.34 Å². The molecule has 9 heteroatoms. The Bertz CT molecular complexity index is 542. The van der Waals surface area contributed by atoms with Crippen molar-refractivity contribution in [3.05, 3.63) is 16.5 Å². The van der Waals surface area contributed by atoms with Crippen molar-refractivity contribution in [2.75, 3.05) is 7.11 Å². The summed E-state index contributed by atoms with van der Waals surface area (Å²) in [5, 5.41) is 8.79. The lowest BCUT2D eigenvalue weighted by atomic mass is 10.1. The van der Waals surface area contributed by atoms with E-state index >= 15 is 0 Å². The molecule has 108 valence electrons. The highest BCUT2D eigenvalue weighted by Crippen LogP contribution is 2.25. The topological polar surface area (TPSA) is 92.7 Å². The number of ether oxygens (including phenoxy) is 1. The van der Waals surface area contributed by atoms with Crippen molar-refractivity contribution in [2.24, 2.45) is 0 Å². The number of rotatable bonds is 7. The van der Waals surface area contributed by atoms with Gasteiger partial charge in [-0.05, 0) is 19.1 Å². The summed E-state index contributed by atoms with van der Waals surface area (Å²) in [7, 11) is -2.41. The molecule has 1 heterocycles. The second-order valence-electron chi connectivity index (χ2n) is 3.83. The fourth-order valence-electron chi connectivity index (χ4n) is 1.36. The molecule has 0 saturated carbocycles. The van der Waals surface area contributed by atoms with E-state index < -0.39 is 28.1 Å². The lowest BCUT2D eigenvalue weighted by molar-refractivity contribution is -0.138. The lowest BCUT2D eigenvalue weighted by Gasteiger charge is -2.22. The number of nitrogens with one attached hydrogen (secondary N) is 1. The number of carbonyl (C=O) groups is 1. The standard InChI is InChI=1S/C10H14ClNO5S2/c1-6(17-2)7(5-9(13)14)12-19(15,16)10-4-3-8(11)18-10/h3-4,6-7,12H,5H2,1-2H3,(H,13,14)/t6-,7-/m1/s1. The Hall–Kier alpha value is -0.670. The summed E-state index contributed by atoms with van der Waals surface area (Å²) in [5.41, 5.74) is 0. The van der Waals surface area contributed by atoms with E-state index in [4.69, 9.17) is 21.4 Å². The van der Waals surface area contributed by atoms with Crippen LogP contribution in [-0.4, -0.2) is 38.7 Å². The Morgan fingerprint density at radius 3 is 2.63 bits per heavy atom. The van der Waals surface area contributed by atoms with Crippen LogP contribution in [0.25, 0.3) is 0 Å². The molecule has 0 saturated heterocycles. The number of sulfonamides is 1. The molecule has 6 nitrogen and oxygen atoms in total. The predicted molar refractivity (Wildman–Crippen MR) is 72.2 cm³/mol. The van der Waals surface area contributed by atoms with Gasteiger partial charge in [-0.3, -0.25) is 4.79 Å². The first-order valence-corrected chi connectivity index (χ1v) is 7.96. The number of carboxylic acids is 1. The molecule has 0 unspecified atom stereocenters. The van der Waals surface area contributed by atoms with Crippen molar-refractivity contribution in [1.29, 1.82) is 0 Å². The van der Waals surface area contributed by atoms with Gasteiger partial charge in [0.05, 0.1) is 22.9 Å². The van der Waals surface area contributed by atoms with Crippen molar-refractivity contribution < 1.29 is 23.1 Å². The van der Waals surface area contributed by atoms with Crippen molar-refractivity contribution >= 4 is 38.9 Å². The van der Waals surface area contributed by atoms with E-state index in [1.54, 1.807) is 6.92 Å². The maximum atomic E-state index is 12.0. The lowest BCUT2D eigenvalue weighted by Crippen LogP contribution is -2.43. The van der Waals surface area contributed by atoms with E-state index in [-0.39, 0.29) is 10.6 Å². The summed E-state index contributed by atoms with van der Waals surface area (Å²) >= 11 is 6.59. The average molecular weight is 328 g/mol. The van der Waals surface area contributed by atoms with Crippen LogP contribution in [0.3, 0.4) is 0 Å². The van der Waals surface area contributed by atoms with Gasteiger partial charge in [-0.15, -0.1) is 11.3 Å². The molecule has 0 aliphatic rings. The van der Waals surface area contributed by atoms with Crippen LogP contribution in [0.5, 0.6) is 0 Å². The molecule has 0 radical (unpaired) electrons. The number of thiophene rings is 1. The van der Waals surface area contributed by atoms with Crippen molar-refractivity contribution in [2.45, 2.75) is 29.7 Å². The van der Waals surface area contributed by atoms with Crippen LogP contribution >= 0.6 is 22.9 Å². The molecule has 0 amide bonds. The van der Waals surface area contributed by atoms with Crippen LogP contribution in [0.1, 0.15) is 13.3 Å². The van der Waals surface area contributed by atoms with Crippen LogP contribution in [0.15, 0.2) is 16.3 Å². The van der Waals surface area contributed by atoms with E-state index in [0.717, 1.165) is 11.3 Å². The largest absolute Gasteiger partial charge is 0.481 e. The van der Waals surface area contributed by atoms with Gasteiger partial charge in [0.2, 0.25) is 10.0 Å². The van der Waals surface area contributed by atoms with Crippen LogP contribution in [0, 0.1) is 0 Å². The minimum Gasteiger partial charge on any atom is -0.481 e. The molecule has 0 bridgehead atoms. The molecule has 19 heavy (non-hydrogen) atoms. The highest BCUT2D eigenvalue weighted by atomic mass is 35.5. The summed E-state index contributed by atoms with van der Waals surface area (Å²) < 4.78 is 31.8. The first kappa shape index (κ1) is 16.4. The monoisotopic (exact) mass is 327 g/mol. The van der Waals surface area contributed by atoms with Crippen molar-refractivity contribution in [3.8, 4) is 0 Å². The van der Waals surface area contributed by atoms with Gasteiger partial charge in [-0.25, -0.2) is 13.1 Å². The maximum Gasteiger partial charge on any atom is 0.305 e. The minimum atomic E-state index is -3.80. The van der Waals surface area contributed by atoms with Gasteiger partial charge in [-0.2, -0.15) is 0 Å². The average Bonchev–Trinajstić information content (AvgIpc) is 2.74. The van der Waals surface area contributed by atoms with Crippen LogP contribution in [0.4, 0.5) is 0 Å². The molecule has 0 aromatic carbocycles. The molecular formula is C10H14ClNO5S2. The summed E-state index contributed by atoms with van der Waals surface area (Å²) in [6, 6.07) is 1.98. The van der Waals surface area contributed by atoms with Gasteiger partial charge in [0.1, 0.15) is 4.21 Å². The Morgan fingerprint density at radius 2 is 2.21 bits per heavy atom. The highest BCUT2D eigenvalue weighted by Gasteiger charge is 2.27. The molecular weight excluding hydrogens is 314 g/mol. The zero-order valence-electron chi connectivity index (χ0n) is 10.3. The van der Waals surface area contributed by atoms with Gasteiger partial charge in [0.25, 0.3) is 0 Å². The van der Waals surface area contributed by atoms with E-state index in [1.165, 1.54) is 19.2 Å². The molecule has 1 aromatic heterocycles. The second-order valence-corrected chi connectivity index (χ2v) is 7.48. The molecule has 0 aliphatic carbocycles. The maximum absolute atomic E-state index is 12.0. The van der Waals surface area contributed by atoms with Crippen molar-refractivity contribution in [1.82, 2.24) is 4.72 Å². The Morgan fingerprint density at radius 1 is 1.58 bits per heavy atom. The van der Waals surface area contributed by atoms with E-state index in [1.807, 2.05) is 0 Å². The Kier molecular flexibility index (Phi) is 5.75. The normalized spacial score (nSPS) is 15.1. The molecule has 1 aromatic rings. The molecule has 0 aliphatic heterocycles. The summed E-state index contributed by atoms with van der Waals surface area (Å²) in [4.78, 5) is 10.7. The van der Waals surface area contributed by atoms with Gasteiger partial charge in [-0.1, -0.05) is 11.6 Å². The predicted octanol–water partition coefficient (Wildman–Crippen LogP) is 1.56. The highest BCUT2D eigenvalue weighted by molar-refractivity contribution is 7.91. The summed E-state index contributed by atoms with van der Waals surface area (Å²) in [6.45, 7) is 1.59. The third-order valence-corrected chi connectivity index (χ3v) is 5.67. The number of methoxy groups -OCH3 is 1. The smallest absolute Gasteiger partial charge is 0.305 e. The number of halogens is 1. The number of carboxylic acid groups (broad SMARTS) is 1. The van der Waals surface area contributed by atoms with Crippen LogP contribution in [-0.2, 0) is 19.6 Å². The van der Waals surface area contributed by atoms with Gasteiger partial charge >= 0.3 is 5.97 Å². The van der Waals surface area contributed by atoms with Gasteiger partial charge in [0.15, 0.2) is 0 Å². The van der Waals surface area contributed by atoms with Gasteiger partial charge in [0, 0.05) is 7.11 Å². The third-order valence-electron chi connectivity index (χ3n) is 2.45.